The summed E-state index contributed by atoms with van der Waals surface area (Å²) in [5.41, 5.74) is 1.68. The topological polar surface area (TPSA) is 83.5 Å². The molecule has 0 bridgehead atoms. The highest BCUT2D eigenvalue weighted by Crippen LogP contribution is 2.43. The molecular formula is C22H24N6O2. The van der Waals surface area contributed by atoms with E-state index in [1.54, 1.807) is 0 Å². The van der Waals surface area contributed by atoms with Gasteiger partial charge in [0.25, 0.3) is 0 Å². The fraction of sp³-hybridized carbons (Fsp3) is 0.273. The molecule has 0 spiro atoms. The van der Waals surface area contributed by atoms with Crippen LogP contribution in [-0.4, -0.2) is 49.0 Å². The average Bonchev–Trinajstić information content (AvgIpc) is 2.75. The summed E-state index contributed by atoms with van der Waals surface area (Å²) in [7, 11) is 7.47. The number of aromatic nitrogens is 3. The number of nitrogens with one attached hydrogen (secondary N) is 1. The van der Waals surface area contributed by atoms with Gasteiger partial charge in [0.1, 0.15) is 11.5 Å². The van der Waals surface area contributed by atoms with Crippen LogP contribution in [0.15, 0.2) is 48.5 Å². The van der Waals surface area contributed by atoms with Crippen LogP contribution in [0.3, 0.4) is 0 Å². The average molecular weight is 404 g/mol. The first kappa shape index (κ1) is 19.6. The first-order chi connectivity index (χ1) is 14.4. The number of ether oxygens (including phenoxy) is 1. The SMILES string of the molecule is CN(C)c1nc(CNC(=O)C2c3ccccc3Oc3ccccc32)nc(N(C)C)n1. The molecule has 1 amide bonds. The number of para-hydroxylation sites is 2. The number of carbonyl (C=O) groups excluding carboxylic acids is 1. The molecule has 1 aromatic heterocycles. The first-order valence-electron chi connectivity index (χ1n) is 9.67. The Kier molecular flexibility index (Phi) is 5.22. The summed E-state index contributed by atoms with van der Waals surface area (Å²) in [6.45, 7) is 0.199. The number of benzene rings is 2. The van der Waals surface area contributed by atoms with Crippen LogP contribution in [0, 0.1) is 0 Å². The van der Waals surface area contributed by atoms with Crippen LogP contribution >= 0.6 is 0 Å². The predicted molar refractivity (Wildman–Crippen MR) is 115 cm³/mol. The van der Waals surface area contributed by atoms with Gasteiger partial charge in [-0.2, -0.15) is 15.0 Å². The van der Waals surface area contributed by atoms with Gasteiger partial charge in [0.15, 0.2) is 5.82 Å². The Balaban J connectivity index is 1.61. The second kappa shape index (κ2) is 7.98. The maximum Gasteiger partial charge on any atom is 0.232 e. The molecule has 2 aromatic carbocycles. The van der Waals surface area contributed by atoms with E-state index in [0.717, 1.165) is 11.1 Å². The second-order valence-electron chi connectivity index (χ2n) is 7.47. The van der Waals surface area contributed by atoms with E-state index in [2.05, 4.69) is 20.3 Å². The van der Waals surface area contributed by atoms with Gasteiger partial charge in [0, 0.05) is 39.3 Å². The van der Waals surface area contributed by atoms with Gasteiger partial charge in [-0.3, -0.25) is 4.79 Å². The molecule has 0 saturated carbocycles. The third-order valence-electron chi connectivity index (χ3n) is 4.82. The highest BCUT2D eigenvalue weighted by atomic mass is 16.5. The zero-order valence-corrected chi connectivity index (χ0v) is 17.5. The van der Waals surface area contributed by atoms with Gasteiger partial charge < -0.3 is 19.9 Å². The molecule has 0 atom stereocenters. The Labute approximate surface area is 175 Å². The fourth-order valence-corrected chi connectivity index (χ4v) is 3.33. The Morgan fingerprint density at radius 1 is 0.867 bits per heavy atom. The molecule has 1 N–H and O–H groups in total. The van der Waals surface area contributed by atoms with E-state index < -0.39 is 5.92 Å². The summed E-state index contributed by atoms with van der Waals surface area (Å²) < 4.78 is 5.98. The zero-order chi connectivity index (χ0) is 21.3. The van der Waals surface area contributed by atoms with E-state index >= 15 is 0 Å². The highest BCUT2D eigenvalue weighted by Gasteiger charge is 2.32. The van der Waals surface area contributed by atoms with Gasteiger partial charge in [-0.1, -0.05) is 36.4 Å². The molecule has 0 aliphatic carbocycles. The second-order valence-corrected chi connectivity index (χ2v) is 7.47. The van der Waals surface area contributed by atoms with E-state index in [1.165, 1.54) is 0 Å². The number of nitrogens with zero attached hydrogens (tertiary/aromatic N) is 5. The van der Waals surface area contributed by atoms with Crippen molar-refractivity contribution in [3.8, 4) is 11.5 Å². The van der Waals surface area contributed by atoms with Gasteiger partial charge in [-0.15, -0.1) is 0 Å². The van der Waals surface area contributed by atoms with Crippen LogP contribution in [0.4, 0.5) is 11.9 Å². The molecule has 4 rings (SSSR count). The number of rotatable bonds is 5. The highest BCUT2D eigenvalue weighted by molar-refractivity contribution is 5.89. The molecule has 0 unspecified atom stereocenters. The summed E-state index contributed by atoms with van der Waals surface area (Å²) in [5.74, 6) is 2.38. The fourth-order valence-electron chi connectivity index (χ4n) is 3.33. The standard InChI is InChI=1S/C22H24N6O2/c1-27(2)21-24-18(25-22(26-21)28(3)4)13-23-20(29)19-14-9-5-7-11-16(14)30-17-12-8-6-10-15(17)19/h5-12,19H,13H2,1-4H3,(H,23,29). The van der Waals surface area contributed by atoms with Crippen molar-refractivity contribution in [3.05, 3.63) is 65.5 Å². The normalized spacial score (nSPS) is 12.4. The molecule has 154 valence electrons. The molecule has 8 nitrogen and oxygen atoms in total. The number of hydrogen-bond donors (Lipinski definition) is 1. The number of anilines is 2. The lowest BCUT2D eigenvalue weighted by molar-refractivity contribution is -0.122. The minimum Gasteiger partial charge on any atom is -0.457 e. The van der Waals surface area contributed by atoms with Crippen molar-refractivity contribution in [2.75, 3.05) is 38.0 Å². The maximum absolute atomic E-state index is 13.3. The van der Waals surface area contributed by atoms with Gasteiger partial charge >= 0.3 is 0 Å². The van der Waals surface area contributed by atoms with Crippen LogP contribution in [0.25, 0.3) is 0 Å². The third-order valence-corrected chi connectivity index (χ3v) is 4.82. The Morgan fingerprint density at radius 3 is 1.87 bits per heavy atom. The summed E-state index contributed by atoms with van der Waals surface area (Å²) in [6, 6.07) is 15.2. The molecule has 2 heterocycles. The largest absolute Gasteiger partial charge is 0.457 e. The van der Waals surface area contributed by atoms with E-state index in [1.807, 2.05) is 86.5 Å². The Bertz CT molecular complexity index is 1010. The van der Waals surface area contributed by atoms with Crippen LogP contribution in [0.5, 0.6) is 11.5 Å². The molecule has 1 aliphatic rings. The monoisotopic (exact) mass is 404 g/mol. The first-order valence-corrected chi connectivity index (χ1v) is 9.67. The van der Waals surface area contributed by atoms with Gasteiger partial charge in [0.05, 0.1) is 12.5 Å². The molecule has 30 heavy (non-hydrogen) atoms. The number of hydrogen-bond acceptors (Lipinski definition) is 7. The molecule has 0 saturated heterocycles. The van der Waals surface area contributed by atoms with E-state index in [0.29, 0.717) is 29.2 Å². The smallest absolute Gasteiger partial charge is 0.232 e. The van der Waals surface area contributed by atoms with E-state index in [4.69, 9.17) is 4.74 Å². The van der Waals surface area contributed by atoms with Crippen molar-refractivity contribution in [1.82, 2.24) is 20.3 Å². The van der Waals surface area contributed by atoms with Crippen molar-refractivity contribution < 1.29 is 9.53 Å². The van der Waals surface area contributed by atoms with Gasteiger partial charge in [-0.05, 0) is 12.1 Å². The molecular weight excluding hydrogens is 380 g/mol. The van der Waals surface area contributed by atoms with Crippen LogP contribution in [-0.2, 0) is 11.3 Å². The number of fused-ring (bicyclic) bond motifs is 2. The molecule has 1 aliphatic heterocycles. The van der Waals surface area contributed by atoms with Gasteiger partial charge in [-0.25, -0.2) is 0 Å². The zero-order valence-electron chi connectivity index (χ0n) is 17.5. The lowest BCUT2D eigenvalue weighted by Crippen LogP contribution is -2.32. The van der Waals surface area contributed by atoms with Crippen molar-refractivity contribution in [1.29, 1.82) is 0 Å². The Hall–Kier alpha value is -3.68. The molecule has 8 heteroatoms. The summed E-state index contributed by atoms with van der Waals surface area (Å²) in [5, 5.41) is 3.00. The number of carbonyl (C=O) groups is 1. The van der Waals surface area contributed by atoms with Crippen molar-refractivity contribution in [2.45, 2.75) is 12.5 Å². The lowest BCUT2D eigenvalue weighted by Gasteiger charge is -2.27. The quantitative estimate of drug-likeness (QED) is 0.700. The maximum atomic E-state index is 13.3. The lowest BCUT2D eigenvalue weighted by atomic mass is 9.87. The van der Waals surface area contributed by atoms with Crippen molar-refractivity contribution in [2.24, 2.45) is 0 Å². The van der Waals surface area contributed by atoms with Crippen LogP contribution in [0.2, 0.25) is 0 Å². The number of amides is 1. The third kappa shape index (κ3) is 3.76. The molecule has 0 radical (unpaired) electrons. The molecule has 0 fully saturated rings. The summed E-state index contributed by atoms with van der Waals surface area (Å²) >= 11 is 0. The summed E-state index contributed by atoms with van der Waals surface area (Å²) in [4.78, 5) is 30.2. The van der Waals surface area contributed by atoms with Crippen molar-refractivity contribution >= 4 is 17.8 Å². The minimum atomic E-state index is -0.463. The molecule has 3 aromatic rings. The van der Waals surface area contributed by atoms with Gasteiger partial charge in [0.2, 0.25) is 17.8 Å². The summed E-state index contributed by atoms with van der Waals surface area (Å²) in [6.07, 6.45) is 0. The van der Waals surface area contributed by atoms with Crippen LogP contribution in [0.1, 0.15) is 22.9 Å². The van der Waals surface area contributed by atoms with E-state index in [-0.39, 0.29) is 12.5 Å². The minimum absolute atomic E-state index is 0.128. The van der Waals surface area contributed by atoms with Crippen LogP contribution < -0.4 is 19.9 Å². The Morgan fingerprint density at radius 2 is 1.37 bits per heavy atom. The predicted octanol–water partition coefficient (Wildman–Crippen LogP) is 2.56. The van der Waals surface area contributed by atoms with Crippen molar-refractivity contribution in [3.63, 3.8) is 0 Å². The van der Waals surface area contributed by atoms with E-state index in [9.17, 15) is 4.79 Å².